The number of carbonyl (C=O) groups is 2. The number of likely N-dealkylation sites (tertiary alicyclic amines) is 1. The van der Waals surface area contributed by atoms with Crippen molar-refractivity contribution in [2.24, 2.45) is 11.7 Å². The molecule has 1 aliphatic rings. The van der Waals surface area contributed by atoms with E-state index in [0.29, 0.717) is 13.1 Å². The molecule has 1 aromatic carbocycles. The molecule has 162 valence electrons. The minimum atomic E-state index is -0.230. The minimum Gasteiger partial charge on any atom is -0.497 e. The van der Waals surface area contributed by atoms with Gasteiger partial charge in [0.1, 0.15) is 5.75 Å². The molecule has 6 nitrogen and oxygen atoms in total. The highest BCUT2D eigenvalue weighted by Gasteiger charge is 2.27. The van der Waals surface area contributed by atoms with Crippen LogP contribution in [0.3, 0.4) is 0 Å². The Morgan fingerprint density at radius 1 is 1.23 bits per heavy atom. The first-order valence-corrected chi connectivity index (χ1v) is 11.3. The van der Waals surface area contributed by atoms with E-state index < -0.39 is 0 Å². The Hall–Kier alpha value is -2.38. The summed E-state index contributed by atoms with van der Waals surface area (Å²) in [5.74, 6) is 0.629. The zero-order valence-electron chi connectivity index (χ0n) is 17.8. The largest absolute Gasteiger partial charge is 0.497 e. The number of rotatable bonds is 9. The van der Waals surface area contributed by atoms with Crippen molar-refractivity contribution in [3.8, 4) is 5.75 Å². The highest BCUT2D eigenvalue weighted by atomic mass is 32.1. The van der Waals surface area contributed by atoms with E-state index in [1.807, 2.05) is 35.2 Å². The minimum absolute atomic E-state index is 0.0653. The molecule has 30 heavy (non-hydrogen) atoms. The van der Waals surface area contributed by atoms with Gasteiger partial charge < -0.3 is 15.4 Å². The summed E-state index contributed by atoms with van der Waals surface area (Å²) in [5.41, 5.74) is 6.51. The number of benzene rings is 1. The molecule has 2 heterocycles. The van der Waals surface area contributed by atoms with Crippen LogP contribution in [-0.2, 0) is 22.6 Å². The number of nitrogens with two attached hydrogens (primary N) is 1. The monoisotopic (exact) mass is 429 g/mol. The highest BCUT2D eigenvalue weighted by Crippen LogP contribution is 2.20. The SMILES string of the molecule is COc1ccc(CN(C(=O)CN2CCC(C(N)=O)CC2)[C@H](C)Cc2cccs2)cc1. The maximum Gasteiger partial charge on any atom is 0.237 e. The van der Waals surface area contributed by atoms with Crippen LogP contribution in [0.1, 0.15) is 30.2 Å². The molecule has 0 radical (unpaired) electrons. The first-order valence-electron chi connectivity index (χ1n) is 10.4. The summed E-state index contributed by atoms with van der Waals surface area (Å²) >= 11 is 1.72. The molecule has 7 heteroatoms. The number of hydrogen-bond acceptors (Lipinski definition) is 5. The number of thiophene rings is 1. The fourth-order valence-corrected chi connectivity index (χ4v) is 4.73. The van der Waals surface area contributed by atoms with Crippen LogP contribution in [-0.4, -0.2) is 54.4 Å². The first-order chi connectivity index (χ1) is 14.5. The Bertz CT molecular complexity index is 815. The third-order valence-electron chi connectivity index (χ3n) is 5.79. The molecule has 2 N–H and O–H groups in total. The van der Waals surface area contributed by atoms with Gasteiger partial charge in [-0.25, -0.2) is 0 Å². The quantitative estimate of drug-likeness (QED) is 0.665. The van der Waals surface area contributed by atoms with Crippen LogP contribution in [0.4, 0.5) is 0 Å². The van der Waals surface area contributed by atoms with E-state index in [1.165, 1.54) is 4.88 Å². The number of carbonyl (C=O) groups excluding carboxylic acids is 2. The third kappa shape index (κ3) is 6.06. The van der Waals surface area contributed by atoms with E-state index in [-0.39, 0.29) is 23.8 Å². The summed E-state index contributed by atoms with van der Waals surface area (Å²) in [6.07, 6.45) is 2.29. The molecule has 1 atom stereocenters. The average molecular weight is 430 g/mol. The fraction of sp³-hybridized carbons (Fsp3) is 0.478. The summed E-state index contributed by atoms with van der Waals surface area (Å²) in [5, 5.41) is 2.07. The standard InChI is InChI=1S/C23H31N3O3S/c1-17(14-21-4-3-13-30-21)26(15-18-5-7-20(29-2)8-6-18)22(27)16-25-11-9-19(10-12-25)23(24)28/h3-8,13,17,19H,9-12,14-16H2,1-2H3,(H2,24,28)/t17-/m1/s1. The van der Waals surface area contributed by atoms with Crippen molar-refractivity contribution < 1.29 is 14.3 Å². The van der Waals surface area contributed by atoms with E-state index >= 15 is 0 Å². The number of hydrogen-bond donors (Lipinski definition) is 1. The molecular formula is C23H31N3O3S. The summed E-state index contributed by atoms with van der Waals surface area (Å²) in [6, 6.07) is 12.1. The Balaban J connectivity index is 1.67. The van der Waals surface area contributed by atoms with Gasteiger partial charge in [0.2, 0.25) is 11.8 Å². The van der Waals surface area contributed by atoms with Gasteiger partial charge in [0.25, 0.3) is 0 Å². The second kappa shape index (κ2) is 10.6. The fourth-order valence-electron chi connectivity index (χ4n) is 3.91. The van der Waals surface area contributed by atoms with Crippen LogP contribution < -0.4 is 10.5 Å². The second-order valence-electron chi connectivity index (χ2n) is 7.96. The zero-order valence-corrected chi connectivity index (χ0v) is 18.6. The van der Waals surface area contributed by atoms with Gasteiger partial charge in [-0.05, 0) is 62.0 Å². The molecular weight excluding hydrogens is 398 g/mol. The van der Waals surface area contributed by atoms with Crippen LogP contribution in [0, 0.1) is 5.92 Å². The van der Waals surface area contributed by atoms with Crippen LogP contribution in [0.25, 0.3) is 0 Å². The lowest BCUT2D eigenvalue weighted by molar-refractivity contribution is -0.135. The zero-order chi connectivity index (χ0) is 21.5. The molecule has 0 saturated carbocycles. The summed E-state index contributed by atoms with van der Waals surface area (Å²) < 4.78 is 5.25. The van der Waals surface area contributed by atoms with Crippen LogP contribution in [0.2, 0.25) is 0 Å². The Morgan fingerprint density at radius 3 is 2.50 bits per heavy atom. The molecule has 2 amide bonds. The van der Waals surface area contributed by atoms with Crippen molar-refractivity contribution in [2.75, 3.05) is 26.7 Å². The van der Waals surface area contributed by atoms with Gasteiger partial charge in [-0.2, -0.15) is 0 Å². The lowest BCUT2D eigenvalue weighted by atomic mass is 9.96. The van der Waals surface area contributed by atoms with Crippen molar-refractivity contribution in [3.05, 3.63) is 52.2 Å². The summed E-state index contributed by atoms with van der Waals surface area (Å²) in [4.78, 5) is 30.1. The summed E-state index contributed by atoms with van der Waals surface area (Å²) in [7, 11) is 1.65. The van der Waals surface area contributed by atoms with Gasteiger partial charge in [-0.15, -0.1) is 11.3 Å². The van der Waals surface area contributed by atoms with Crippen molar-refractivity contribution in [3.63, 3.8) is 0 Å². The van der Waals surface area contributed by atoms with E-state index in [4.69, 9.17) is 10.5 Å². The smallest absolute Gasteiger partial charge is 0.237 e. The van der Waals surface area contributed by atoms with Crippen LogP contribution >= 0.6 is 11.3 Å². The van der Waals surface area contributed by atoms with Crippen molar-refractivity contribution in [1.82, 2.24) is 9.80 Å². The number of nitrogens with zero attached hydrogens (tertiary/aromatic N) is 2. The summed E-state index contributed by atoms with van der Waals surface area (Å²) in [6.45, 7) is 4.51. The molecule has 0 unspecified atom stereocenters. The first kappa shape index (κ1) is 22.3. The Kier molecular flexibility index (Phi) is 7.87. The van der Waals surface area contributed by atoms with E-state index in [9.17, 15) is 9.59 Å². The van der Waals surface area contributed by atoms with Gasteiger partial charge in [-0.3, -0.25) is 14.5 Å². The Morgan fingerprint density at radius 2 is 1.93 bits per heavy atom. The predicted molar refractivity (Wildman–Crippen MR) is 119 cm³/mol. The number of amides is 2. The van der Waals surface area contributed by atoms with E-state index in [1.54, 1.807) is 18.4 Å². The van der Waals surface area contributed by atoms with Crippen molar-refractivity contribution >= 4 is 23.2 Å². The maximum atomic E-state index is 13.3. The third-order valence-corrected chi connectivity index (χ3v) is 6.69. The maximum absolute atomic E-state index is 13.3. The number of primary amides is 1. The topological polar surface area (TPSA) is 75.9 Å². The number of ether oxygens (including phenoxy) is 1. The molecule has 0 bridgehead atoms. The van der Waals surface area contributed by atoms with Gasteiger partial charge in [0, 0.05) is 29.8 Å². The average Bonchev–Trinajstić information content (AvgIpc) is 3.25. The number of methoxy groups -OCH3 is 1. The highest BCUT2D eigenvalue weighted by molar-refractivity contribution is 7.09. The molecule has 2 aromatic rings. The van der Waals surface area contributed by atoms with E-state index in [2.05, 4.69) is 23.3 Å². The van der Waals surface area contributed by atoms with E-state index in [0.717, 1.165) is 43.7 Å². The second-order valence-corrected chi connectivity index (χ2v) is 8.99. The van der Waals surface area contributed by atoms with Gasteiger partial charge in [0.05, 0.1) is 13.7 Å². The Labute approximate surface area is 182 Å². The molecule has 0 spiro atoms. The molecule has 1 aromatic heterocycles. The van der Waals surface area contributed by atoms with Gasteiger partial charge in [-0.1, -0.05) is 18.2 Å². The van der Waals surface area contributed by atoms with Crippen LogP contribution in [0.5, 0.6) is 5.75 Å². The van der Waals surface area contributed by atoms with Crippen LogP contribution in [0.15, 0.2) is 41.8 Å². The number of piperidine rings is 1. The lowest BCUT2D eigenvalue weighted by Gasteiger charge is -2.34. The van der Waals surface area contributed by atoms with Crippen molar-refractivity contribution in [2.45, 2.75) is 38.8 Å². The van der Waals surface area contributed by atoms with Gasteiger partial charge >= 0.3 is 0 Å². The molecule has 3 rings (SSSR count). The lowest BCUT2D eigenvalue weighted by Crippen LogP contribution is -2.47. The molecule has 1 aliphatic heterocycles. The predicted octanol–water partition coefficient (Wildman–Crippen LogP) is 2.91. The van der Waals surface area contributed by atoms with Gasteiger partial charge in [0.15, 0.2) is 0 Å². The molecule has 1 saturated heterocycles. The molecule has 1 fully saturated rings. The molecule has 0 aliphatic carbocycles. The normalized spacial score (nSPS) is 16.2. The van der Waals surface area contributed by atoms with Crippen molar-refractivity contribution in [1.29, 1.82) is 0 Å².